The molecule has 0 saturated carbocycles. The summed E-state index contributed by atoms with van der Waals surface area (Å²) in [6.45, 7) is 5.10. The van der Waals surface area contributed by atoms with Crippen molar-refractivity contribution < 1.29 is 14.3 Å². The van der Waals surface area contributed by atoms with Gasteiger partial charge in [-0.1, -0.05) is 30.3 Å². The number of anilines is 1. The first kappa shape index (κ1) is 16.4. The summed E-state index contributed by atoms with van der Waals surface area (Å²) in [7, 11) is 0. The predicted octanol–water partition coefficient (Wildman–Crippen LogP) is 3.97. The van der Waals surface area contributed by atoms with Gasteiger partial charge in [-0.25, -0.2) is 0 Å². The fourth-order valence-corrected chi connectivity index (χ4v) is 2.93. The molecular formula is C20H23NO3. The number of rotatable bonds is 5. The lowest BCUT2D eigenvalue weighted by molar-refractivity contribution is -0.119. The molecule has 2 aromatic carbocycles. The number of hydrogen-bond acceptors (Lipinski definition) is 3. The zero-order valence-electron chi connectivity index (χ0n) is 14.2. The number of amides is 1. The minimum Gasteiger partial charge on any atom is -0.493 e. The number of nitrogens with zero attached hydrogens (tertiary/aromatic N) is 1. The Balaban J connectivity index is 1.56. The van der Waals surface area contributed by atoms with E-state index in [9.17, 15) is 4.79 Å². The van der Waals surface area contributed by atoms with E-state index in [1.54, 1.807) is 0 Å². The maximum absolute atomic E-state index is 12.7. The largest absolute Gasteiger partial charge is 0.493 e. The van der Waals surface area contributed by atoms with Crippen LogP contribution in [0.3, 0.4) is 0 Å². The van der Waals surface area contributed by atoms with Crippen molar-refractivity contribution in [1.82, 2.24) is 0 Å². The van der Waals surface area contributed by atoms with Crippen LogP contribution < -0.4 is 14.4 Å². The van der Waals surface area contributed by atoms with E-state index in [0.717, 1.165) is 22.7 Å². The predicted molar refractivity (Wildman–Crippen MR) is 94.8 cm³/mol. The van der Waals surface area contributed by atoms with Crippen molar-refractivity contribution in [3.05, 3.63) is 54.1 Å². The van der Waals surface area contributed by atoms with Gasteiger partial charge in [-0.15, -0.1) is 0 Å². The summed E-state index contributed by atoms with van der Waals surface area (Å²) in [4.78, 5) is 14.5. The van der Waals surface area contributed by atoms with Crippen LogP contribution in [0.15, 0.2) is 48.5 Å². The Morgan fingerprint density at radius 3 is 2.79 bits per heavy atom. The molecule has 0 N–H and O–H groups in total. The van der Waals surface area contributed by atoms with E-state index in [1.165, 1.54) is 0 Å². The van der Waals surface area contributed by atoms with Gasteiger partial charge in [0.2, 0.25) is 5.91 Å². The fraction of sp³-hybridized carbons (Fsp3) is 0.350. The van der Waals surface area contributed by atoms with Crippen LogP contribution in [-0.2, 0) is 4.79 Å². The number of carbonyl (C=O) groups excluding carboxylic acids is 1. The molecule has 0 unspecified atom stereocenters. The average Bonchev–Trinajstić information content (AvgIpc) is 2.60. The topological polar surface area (TPSA) is 38.8 Å². The van der Waals surface area contributed by atoms with Crippen LogP contribution >= 0.6 is 0 Å². The Kier molecular flexibility index (Phi) is 5.04. The molecule has 0 aromatic heterocycles. The molecule has 1 atom stereocenters. The van der Waals surface area contributed by atoms with Crippen molar-refractivity contribution in [3.8, 4) is 11.5 Å². The van der Waals surface area contributed by atoms with Crippen molar-refractivity contribution in [3.63, 3.8) is 0 Å². The minimum absolute atomic E-state index is 0.0460. The monoisotopic (exact) mass is 325 g/mol. The molecule has 0 radical (unpaired) electrons. The quantitative estimate of drug-likeness (QED) is 0.781. The zero-order chi connectivity index (χ0) is 16.9. The summed E-state index contributed by atoms with van der Waals surface area (Å²) < 4.78 is 11.5. The molecule has 1 heterocycles. The second-order valence-electron chi connectivity index (χ2n) is 6.11. The number of fused-ring (bicyclic) bond motifs is 1. The molecule has 2 aromatic rings. The Bertz CT molecular complexity index is 714. The number of ether oxygens (including phenoxy) is 2. The van der Waals surface area contributed by atoms with Gasteiger partial charge >= 0.3 is 0 Å². The van der Waals surface area contributed by atoms with Crippen molar-refractivity contribution in [1.29, 1.82) is 0 Å². The molecule has 126 valence electrons. The molecule has 0 spiro atoms. The highest BCUT2D eigenvalue weighted by Crippen LogP contribution is 2.33. The SMILES string of the molecule is Cc1ccccc1OCCCC(=O)N1c2ccccc2OC[C@H]1C. The van der Waals surface area contributed by atoms with E-state index in [0.29, 0.717) is 26.1 Å². The zero-order valence-corrected chi connectivity index (χ0v) is 14.2. The fourth-order valence-electron chi connectivity index (χ4n) is 2.93. The molecule has 1 amide bonds. The van der Waals surface area contributed by atoms with Gasteiger partial charge in [0.15, 0.2) is 0 Å². The Morgan fingerprint density at radius 1 is 1.21 bits per heavy atom. The molecule has 0 saturated heterocycles. The van der Waals surface area contributed by atoms with Crippen molar-refractivity contribution in [2.75, 3.05) is 18.1 Å². The summed E-state index contributed by atoms with van der Waals surface area (Å²) in [6.07, 6.45) is 1.16. The van der Waals surface area contributed by atoms with Crippen LogP contribution in [0.4, 0.5) is 5.69 Å². The van der Waals surface area contributed by atoms with Gasteiger partial charge in [-0.3, -0.25) is 4.79 Å². The van der Waals surface area contributed by atoms with Crippen LogP contribution in [0.25, 0.3) is 0 Å². The van der Waals surface area contributed by atoms with Gasteiger partial charge in [0.25, 0.3) is 0 Å². The Hall–Kier alpha value is -2.49. The number of hydrogen-bond donors (Lipinski definition) is 0. The molecule has 1 aliphatic heterocycles. The third-order valence-corrected chi connectivity index (χ3v) is 4.20. The summed E-state index contributed by atoms with van der Waals surface area (Å²) >= 11 is 0. The first-order valence-electron chi connectivity index (χ1n) is 8.39. The first-order chi connectivity index (χ1) is 11.7. The van der Waals surface area contributed by atoms with E-state index < -0.39 is 0 Å². The highest BCUT2D eigenvalue weighted by Gasteiger charge is 2.28. The van der Waals surface area contributed by atoms with Gasteiger partial charge in [0.05, 0.1) is 18.3 Å². The number of aryl methyl sites for hydroxylation is 1. The summed E-state index contributed by atoms with van der Waals surface area (Å²) in [6, 6.07) is 15.7. The Labute approximate surface area is 143 Å². The number of para-hydroxylation sites is 3. The second-order valence-corrected chi connectivity index (χ2v) is 6.11. The summed E-state index contributed by atoms with van der Waals surface area (Å²) in [5.74, 6) is 1.78. The number of carbonyl (C=O) groups is 1. The lowest BCUT2D eigenvalue weighted by Gasteiger charge is -2.35. The van der Waals surface area contributed by atoms with Gasteiger partial charge in [-0.05, 0) is 44.0 Å². The van der Waals surface area contributed by atoms with Gasteiger partial charge < -0.3 is 14.4 Å². The molecule has 1 aliphatic rings. The molecule has 0 aliphatic carbocycles. The molecular weight excluding hydrogens is 302 g/mol. The van der Waals surface area contributed by atoms with Crippen molar-refractivity contribution in [2.45, 2.75) is 32.7 Å². The standard InChI is InChI=1S/C20H23NO3/c1-15-8-3-5-10-18(15)23-13-7-12-20(22)21-16(2)14-24-19-11-6-4-9-17(19)21/h3-6,8-11,16H,7,12-14H2,1-2H3/t16-/m1/s1. The second kappa shape index (κ2) is 7.39. The summed E-state index contributed by atoms with van der Waals surface area (Å²) in [5, 5.41) is 0. The molecule has 24 heavy (non-hydrogen) atoms. The first-order valence-corrected chi connectivity index (χ1v) is 8.39. The van der Waals surface area contributed by atoms with E-state index in [4.69, 9.17) is 9.47 Å². The van der Waals surface area contributed by atoms with Gasteiger partial charge in [-0.2, -0.15) is 0 Å². The van der Waals surface area contributed by atoms with Crippen LogP contribution in [0.5, 0.6) is 11.5 Å². The molecule has 4 nitrogen and oxygen atoms in total. The normalized spacial score (nSPS) is 16.2. The van der Waals surface area contributed by atoms with Crippen LogP contribution in [0, 0.1) is 6.92 Å². The van der Waals surface area contributed by atoms with Crippen LogP contribution in [-0.4, -0.2) is 25.2 Å². The van der Waals surface area contributed by atoms with Crippen LogP contribution in [0.1, 0.15) is 25.3 Å². The smallest absolute Gasteiger partial charge is 0.227 e. The average molecular weight is 325 g/mol. The molecule has 0 fully saturated rings. The van der Waals surface area contributed by atoms with Crippen LogP contribution in [0.2, 0.25) is 0 Å². The minimum atomic E-state index is 0.0460. The van der Waals surface area contributed by atoms with Gasteiger partial charge in [0.1, 0.15) is 18.1 Å². The number of benzene rings is 2. The van der Waals surface area contributed by atoms with E-state index in [-0.39, 0.29) is 11.9 Å². The van der Waals surface area contributed by atoms with Crippen molar-refractivity contribution >= 4 is 11.6 Å². The molecule has 0 bridgehead atoms. The summed E-state index contributed by atoms with van der Waals surface area (Å²) in [5.41, 5.74) is 1.97. The maximum Gasteiger partial charge on any atom is 0.227 e. The van der Waals surface area contributed by atoms with E-state index in [1.807, 2.05) is 67.3 Å². The van der Waals surface area contributed by atoms with Gasteiger partial charge in [0, 0.05) is 6.42 Å². The maximum atomic E-state index is 12.7. The third kappa shape index (κ3) is 3.53. The lowest BCUT2D eigenvalue weighted by Crippen LogP contribution is -2.45. The third-order valence-electron chi connectivity index (χ3n) is 4.20. The lowest BCUT2D eigenvalue weighted by atomic mass is 10.1. The van der Waals surface area contributed by atoms with E-state index >= 15 is 0 Å². The van der Waals surface area contributed by atoms with E-state index in [2.05, 4.69) is 0 Å². The highest BCUT2D eigenvalue weighted by atomic mass is 16.5. The molecule has 3 rings (SSSR count). The highest BCUT2D eigenvalue weighted by molar-refractivity contribution is 5.95. The van der Waals surface area contributed by atoms with Crippen molar-refractivity contribution in [2.24, 2.45) is 0 Å². The molecule has 4 heteroatoms. The Morgan fingerprint density at radius 2 is 1.96 bits per heavy atom.